The third-order valence-electron chi connectivity index (χ3n) is 28.5. The molecule has 0 fully saturated rings. The summed E-state index contributed by atoms with van der Waals surface area (Å²) >= 11 is 0. The molecule has 0 saturated carbocycles. The number of benzene rings is 20. The summed E-state index contributed by atoms with van der Waals surface area (Å²) in [5.41, 5.74) is 40.4. The summed E-state index contributed by atoms with van der Waals surface area (Å²) in [5.74, 6) is 0.933. The Hall–Kier alpha value is -19.7. The van der Waals surface area contributed by atoms with Gasteiger partial charge >= 0.3 is 0 Å². The van der Waals surface area contributed by atoms with Gasteiger partial charge in [-0.3, -0.25) is 29.5 Å². The Morgan fingerprint density at radius 2 is 0.544 bits per heavy atom. The fraction of sp³-hybridized carbons (Fsp3) is 0. The number of nitrogens with zero attached hydrogens (tertiary/aromatic N) is 8. The number of fused-ring (bicyclic) bond motifs is 9. The first-order chi connectivity index (χ1) is 72.9. The Balaban J connectivity index is 0.000000113. The molecule has 28 rings (SSSR count). The average Bonchev–Trinajstić information content (AvgIpc) is 1.55. The summed E-state index contributed by atoms with van der Waals surface area (Å²) in [6, 6.07) is 182. The minimum Gasteiger partial charge on any atom is -0.292 e. The highest BCUT2D eigenvalue weighted by Crippen LogP contribution is 2.59. The molecule has 686 valence electrons. The quantitative estimate of drug-likeness (QED) is 0.0889. The lowest BCUT2D eigenvalue weighted by atomic mass is 9.82. The van der Waals surface area contributed by atoms with Gasteiger partial charge in [0, 0.05) is 65.1 Å². The molecule has 20 aromatic carbocycles. The second kappa shape index (κ2) is 38.4. The zero-order valence-electron chi connectivity index (χ0n) is 80.0. The topological polar surface area (TPSA) is 95.2 Å². The van der Waals surface area contributed by atoms with Crippen LogP contribution in [0.5, 0.6) is 0 Å². The minimum atomic E-state index is 0.800. The van der Waals surface area contributed by atoms with Crippen molar-refractivity contribution in [1.82, 2.24) is 39.5 Å². The summed E-state index contributed by atoms with van der Waals surface area (Å²) in [4.78, 5) is 32.6. The first-order valence-corrected chi connectivity index (χ1v) is 49.8. The predicted octanol–water partition coefficient (Wildman–Crippen LogP) is 36.3. The second-order valence-corrected chi connectivity index (χ2v) is 37.3. The van der Waals surface area contributed by atoms with Crippen LogP contribution in [0.15, 0.2) is 547 Å². The van der Waals surface area contributed by atoms with Gasteiger partial charge in [0.2, 0.25) is 0 Å². The van der Waals surface area contributed by atoms with Gasteiger partial charge in [-0.05, 0) is 326 Å². The van der Waals surface area contributed by atoms with E-state index in [-0.39, 0.29) is 0 Å². The largest absolute Gasteiger partial charge is 0.292 e. The van der Waals surface area contributed by atoms with Crippen LogP contribution < -0.4 is 0 Å². The van der Waals surface area contributed by atoms with Gasteiger partial charge < -0.3 is 0 Å². The Kier molecular flexibility index (Phi) is 22.9. The van der Waals surface area contributed by atoms with Gasteiger partial charge in [-0.1, -0.05) is 376 Å². The Labute approximate surface area is 851 Å². The maximum Gasteiger partial charge on any atom is 0.145 e. The van der Waals surface area contributed by atoms with Crippen LogP contribution in [0, 0.1) is 0 Å². The van der Waals surface area contributed by atoms with E-state index in [1.54, 1.807) is 18.6 Å². The zero-order chi connectivity index (χ0) is 97.5. The zero-order valence-corrected chi connectivity index (χ0v) is 80.0. The highest BCUT2D eigenvalue weighted by atomic mass is 15.1. The summed E-state index contributed by atoms with van der Waals surface area (Å²) in [6.45, 7) is 0. The molecule has 0 atom stereocenters. The maximum absolute atomic E-state index is 5.12. The number of para-hydroxylation sites is 3. The van der Waals surface area contributed by atoms with E-state index < -0.39 is 0 Å². The molecule has 7 aromatic heterocycles. The molecule has 7 heterocycles. The molecule has 27 aromatic rings. The number of imidazole rings is 1. The van der Waals surface area contributed by atoms with Gasteiger partial charge in [-0.2, -0.15) is 0 Å². The fourth-order valence-corrected chi connectivity index (χ4v) is 21.6. The Bertz CT molecular complexity index is 9500. The highest BCUT2D eigenvalue weighted by Gasteiger charge is 2.32. The van der Waals surface area contributed by atoms with Crippen LogP contribution in [0.2, 0.25) is 0 Å². The molecular weight excluding hydrogens is 1780 g/mol. The van der Waals surface area contributed by atoms with Gasteiger partial charge in [0.25, 0.3) is 0 Å². The molecular formula is C139H90N8. The van der Waals surface area contributed by atoms with Crippen LogP contribution >= 0.6 is 0 Å². The summed E-state index contributed by atoms with van der Waals surface area (Å²) < 4.78 is 2.26. The van der Waals surface area contributed by atoms with Gasteiger partial charge in [0.15, 0.2) is 0 Å². The molecule has 0 bridgehead atoms. The lowest BCUT2D eigenvalue weighted by molar-refractivity contribution is 1.10. The number of hydrogen-bond donors (Lipinski definition) is 0. The van der Waals surface area contributed by atoms with Crippen molar-refractivity contribution in [2.75, 3.05) is 0 Å². The van der Waals surface area contributed by atoms with Crippen molar-refractivity contribution in [3.8, 4) is 196 Å². The molecule has 1 aliphatic carbocycles. The third kappa shape index (κ3) is 16.8. The molecule has 8 nitrogen and oxygen atoms in total. The SMILES string of the molecule is c1ccc(-c2cc(-c3ccccc3)cc(-c3ccc4c5c(cccc35)-c3c-4c(-c4ccccc4)c4ccccc4c3-c3ccccc3)c2)cc1.c1ccc(-c2ccc(-c3cc(-c4cccnc4)cc(-c4ccc(-c5cccc(-c6ccccn6)n5)nc4)c3)cn2)nc1.c1ccc(-n2c(-c3ccc(-c4ccc5c(-c6ccc7ccccc7c6)c6ccccc6c(-c6ccc7ccccc7c6)c5c4)cc3)nc3ccccc32)cc1. The Morgan fingerprint density at radius 3 is 1.07 bits per heavy atom. The molecule has 0 spiro atoms. The molecule has 0 saturated heterocycles. The van der Waals surface area contributed by atoms with Gasteiger partial charge in [0.1, 0.15) is 5.82 Å². The van der Waals surface area contributed by atoms with E-state index >= 15 is 0 Å². The molecule has 0 radical (unpaired) electrons. The van der Waals surface area contributed by atoms with Crippen molar-refractivity contribution in [3.05, 3.63) is 547 Å². The smallest absolute Gasteiger partial charge is 0.145 e. The lowest BCUT2D eigenvalue weighted by Gasteiger charge is -2.20. The predicted molar refractivity (Wildman–Crippen MR) is 612 cm³/mol. The van der Waals surface area contributed by atoms with E-state index in [4.69, 9.17) is 19.9 Å². The number of hydrogen-bond acceptors (Lipinski definition) is 7. The minimum absolute atomic E-state index is 0.800. The maximum atomic E-state index is 5.12. The van der Waals surface area contributed by atoms with Crippen molar-refractivity contribution < 1.29 is 0 Å². The highest BCUT2D eigenvalue weighted by molar-refractivity contribution is 6.29. The summed E-state index contributed by atoms with van der Waals surface area (Å²) in [7, 11) is 0. The molecule has 0 N–H and O–H groups in total. The van der Waals surface area contributed by atoms with Gasteiger partial charge in [0.05, 0.1) is 45.2 Å². The average molecular weight is 1870 g/mol. The van der Waals surface area contributed by atoms with Crippen LogP contribution in [-0.4, -0.2) is 39.5 Å². The number of pyridine rings is 6. The molecule has 147 heavy (non-hydrogen) atoms. The van der Waals surface area contributed by atoms with E-state index in [9.17, 15) is 0 Å². The van der Waals surface area contributed by atoms with Crippen molar-refractivity contribution in [1.29, 1.82) is 0 Å². The van der Waals surface area contributed by atoms with Crippen molar-refractivity contribution in [3.63, 3.8) is 0 Å². The normalized spacial score (nSPS) is 11.4. The van der Waals surface area contributed by atoms with E-state index in [1.807, 2.05) is 91.4 Å². The van der Waals surface area contributed by atoms with Crippen LogP contribution in [0.1, 0.15) is 0 Å². The molecule has 1 aliphatic rings. The standard InChI is InChI=1S/C53H34N2.C50H32.C36H24N6/c1-2-16-44(17-3-1)55-50-21-11-10-20-49(50)54-53(55)38-26-22-37(23-27-38)41-30-31-47-48(34-41)52(43-29-25-36-13-5-7-15-40(36)33-43)46-19-9-8-18-45(46)51(47)42-28-24-35-12-4-6-14-39(35)32-42;1-5-16-33(17-6-1)37-30-38(34-18-7-2-8-19-34)32-39(31-37)40-28-29-45-48-41(40)26-15-27-44(48)49-46(35-20-9-3-10-21-35)42-24-13-14-25-43(42)47(50(45)49)36-22-11-4-12-23-36;1-3-17-38-31(8-1)33-14-12-26(23-40-33)29-19-28(25-7-6-16-37-22-25)20-30(21-29)27-13-15-34(41-24-27)36-11-5-10-35(42-36)32-9-2-4-18-39-32/h1-34H;1-32H;1-24H. The number of aromatic nitrogens is 8. The molecule has 8 heteroatoms. The van der Waals surface area contributed by atoms with Gasteiger partial charge in [-0.25, -0.2) is 9.97 Å². The van der Waals surface area contributed by atoms with Crippen molar-refractivity contribution >= 4 is 75.7 Å². The van der Waals surface area contributed by atoms with E-state index in [1.165, 1.54) is 170 Å². The second-order valence-electron chi connectivity index (χ2n) is 37.3. The van der Waals surface area contributed by atoms with E-state index in [2.05, 4.69) is 456 Å². The first-order valence-electron chi connectivity index (χ1n) is 49.8. The molecule has 0 unspecified atom stereocenters. The summed E-state index contributed by atoms with van der Waals surface area (Å²) in [6.07, 6.45) is 11.0. The summed E-state index contributed by atoms with van der Waals surface area (Å²) in [5, 5.41) is 15.1. The van der Waals surface area contributed by atoms with Crippen molar-refractivity contribution in [2.45, 2.75) is 0 Å². The molecule has 0 aliphatic heterocycles. The molecule has 0 amide bonds. The fourth-order valence-electron chi connectivity index (χ4n) is 21.6. The first kappa shape index (κ1) is 87.6. The van der Waals surface area contributed by atoms with Crippen LogP contribution in [0.3, 0.4) is 0 Å². The third-order valence-corrected chi connectivity index (χ3v) is 28.5. The monoisotopic (exact) mass is 1870 g/mol. The van der Waals surface area contributed by atoms with Crippen LogP contribution in [0.25, 0.3) is 272 Å². The van der Waals surface area contributed by atoms with Crippen LogP contribution in [-0.2, 0) is 0 Å². The van der Waals surface area contributed by atoms with Crippen molar-refractivity contribution in [2.24, 2.45) is 0 Å². The van der Waals surface area contributed by atoms with Gasteiger partial charge in [-0.15, -0.1) is 0 Å². The van der Waals surface area contributed by atoms with Crippen LogP contribution in [0.4, 0.5) is 0 Å². The Morgan fingerprint density at radius 1 is 0.163 bits per heavy atom. The number of rotatable bonds is 16. The van der Waals surface area contributed by atoms with E-state index in [0.717, 1.165) is 101 Å². The lowest BCUT2D eigenvalue weighted by Crippen LogP contribution is -1.97. The van der Waals surface area contributed by atoms with E-state index in [0.29, 0.717) is 0 Å².